The zero-order valence-corrected chi connectivity index (χ0v) is 12.6. The molecule has 0 saturated heterocycles. The molecule has 0 aliphatic carbocycles. The lowest BCUT2D eigenvalue weighted by Crippen LogP contribution is -2.57. The predicted octanol–water partition coefficient (Wildman–Crippen LogP) is 2.11. The molecule has 1 unspecified atom stereocenters. The van der Waals surface area contributed by atoms with Crippen LogP contribution < -0.4 is 0 Å². The molecule has 0 aliphatic rings. The van der Waals surface area contributed by atoms with Gasteiger partial charge in [-0.3, -0.25) is 10.1 Å². The van der Waals surface area contributed by atoms with Crippen molar-refractivity contribution in [3.63, 3.8) is 0 Å². The molecule has 0 amide bonds. The number of rotatable bonds is 4. The van der Waals surface area contributed by atoms with Gasteiger partial charge < -0.3 is 0 Å². The Morgan fingerprint density at radius 3 is 2.00 bits per heavy atom. The van der Waals surface area contributed by atoms with Gasteiger partial charge in [-0.05, 0) is 26.0 Å². The van der Waals surface area contributed by atoms with E-state index in [1.807, 2.05) is 0 Å². The topological polar surface area (TPSA) is 101 Å². The third-order valence-corrected chi connectivity index (χ3v) is 6.26. The van der Waals surface area contributed by atoms with Crippen LogP contribution in [0.15, 0.2) is 29.2 Å². The normalized spacial score (nSPS) is 15.2. The third-order valence-electron chi connectivity index (χ3n) is 3.71. The molecule has 1 rings (SSSR count). The zero-order chi connectivity index (χ0) is 15.8. The summed E-state index contributed by atoms with van der Waals surface area (Å²) >= 11 is 0. The fourth-order valence-corrected chi connectivity index (χ4v) is 3.47. The first-order valence-corrected chi connectivity index (χ1v) is 7.36. The van der Waals surface area contributed by atoms with E-state index in [0.717, 1.165) is 26.3 Å². The van der Waals surface area contributed by atoms with Crippen molar-refractivity contribution >= 4 is 9.84 Å². The number of sulfone groups is 1. The minimum Gasteiger partial charge on any atom is -0.264 e. The van der Waals surface area contributed by atoms with Crippen LogP contribution in [-0.4, -0.2) is 23.6 Å². The number of hydrogen-bond acceptors (Lipinski definition) is 5. The van der Waals surface area contributed by atoms with E-state index in [-0.39, 0.29) is 4.90 Å². The fourth-order valence-electron chi connectivity index (χ4n) is 1.65. The minimum atomic E-state index is -4.17. The molecule has 0 spiro atoms. The molecule has 0 aromatic heterocycles. The quantitative estimate of drug-likeness (QED) is 0.625. The van der Waals surface area contributed by atoms with Crippen LogP contribution in [0.4, 0.5) is 0 Å². The first kappa shape index (κ1) is 16.1. The van der Waals surface area contributed by atoms with Gasteiger partial charge in [0.05, 0.1) is 11.0 Å². The molecule has 1 aromatic carbocycles. The van der Waals surface area contributed by atoms with E-state index >= 15 is 0 Å². The molecule has 1 atom stereocenters. The lowest BCUT2D eigenvalue weighted by atomic mass is 9.90. The molecular weight excluding hydrogens is 280 g/mol. The number of nitriles is 1. The predicted molar refractivity (Wildman–Crippen MR) is 73.5 cm³/mol. The highest BCUT2D eigenvalue weighted by atomic mass is 32.2. The van der Waals surface area contributed by atoms with Gasteiger partial charge >= 0.3 is 0 Å². The van der Waals surface area contributed by atoms with Crippen LogP contribution in [0, 0.1) is 28.4 Å². The number of nitro groups is 1. The summed E-state index contributed by atoms with van der Waals surface area (Å²) in [6.45, 7) is 5.16. The van der Waals surface area contributed by atoms with Crippen LogP contribution in [0.3, 0.4) is 0 Å². The summed E-state index contributed by atoms with van der Waals surface area (Å²) in [5, 5.41) is 20.4. The Morgan fingerprint density at radius 2 is 1.65 bits per heavy atom. The van der Waals surface area contributed by atoms with Crippen molar-refractivity contribution < 1.29 is 13.3 Å². The molecule has 108 valence electrons. The van der Waals surface area contributed by atoms with Crippen LogP contribution in [0.2, 0.25) is 0 Å². The van der Waals surface area contributed by atoms with Gasteiger partial charge in [0.25, 0.3) is 0 Å². The van der Waals surface area contributed by atoms with Crippen molar-refractivity contribution in [2.45, 2.75) is 42.9 Å². The van der Waals surface area contributed by atoms with Gasteiger partial charge in [-0.25, -0.2) is 8.42 Å². The Balaban J connectivity index is 3.56. The Bertz CT molecular complexity index is 671. The Hall–Kier alpha value is -1.94. The molecule has 0 N–H and O–H groups in total. The Morgan fingerprint density at radius 1 is 1.20 bits per heavy atom. The number of hydrogen-bond donors (Lipinski definition) is 0. The third kappa shape index (κ3) is 2.16. The number of nitrogens with zero attached hydrogens (tertiary/aromatic N) is 2. The maximum atomic E-state index is 12.6. The van der Waals surface area contributed by atoms with Crippen LogP contribution in [0.5, 0.6) is 0 Å². The van der Waals surface area contributed by atoms with Gasteiger partial charge in [0.15, 0.2) is 0 Å². The summed E-state index contributed by atoms with van der Waals surface area (Å²) in [7, 11) is -4.17. The first-order chi connectivity index (χ1) is 9.00. The van der Waals surface area contributed by atoms with Gasteiger partial charge in [0, 0.05) is 18.8 Å². The highest BCUT2D eigenvalue weighted by molar-refractivity contribution is 7.93. The van der Waals surface area contributed by atoms with E-state index in [1.54, 1.807) is 25.1 Å². The van der Waals surface area contributed by atoms with E-state index in [4.69, 9.17) is 0 Å². The van der Waals surface area contributed by atoms with Crippen molar-refractivity contribution in [2.24, 2.45) is 0 Å². The molecule has 0 radical (unpaired) electrons. The molecule has 1 aromatic rings. The van der Waals surface area contributed by atoms with Crippen molar-refractivity contribution in [1.29, 1.82) is 5.26 Å². The van der Waals surface area contributed by atoms with E-state index < -0.39 is 25.0 Å². The van der Waals surface area contributed by atoms with E-state index in [1.165, 1.54) is 12.1 Å². The van der Waals surface area contributed by atoms with E-state index in [0.29, 0.717) is 0 Å². The average Bonchev–Trinajstić information content (AvgIpc) is 2.37. The van der Waals surface area contributed by atoms with Crippen LogP contribution in [0.1, 0.15) is 26.3 Å². The smallest absolute Gasteiger partial charge is 0.249 e. The molecule has 0 fully saturated rings. The molecule has 7 heteroatoms. The summed E-state index contributed by atoms with van der Waals surface area (Å²) in [6.07, 6.45) is 0. The molecule has 0 saturated carbocycles. The Labute approximate surface area is 118 Å². The molecular formula is C13H16N2O4S. The van der Waals surface area contributed by atoms with Crippen molar-refractivity contribution in [3.8, 4) is 6.07 Å². The lowest BCUT2D eigenvalue weighted by Gasteiger charge is -2.30. The van der Waals surface area contributed by atoms with E-state index in [2.05, 4.69) is 0 Å². The van der Waals surface area contributed by atoms with Crippen LogP contribution >= 0.6 is 0 Å². The van der Waals surface area contributed by atoms with Gasteiger partial charge in [-0.15, -0.1) is 0 Å². The average molecular weight is 296 g/mol. The van der Waals surface area contributed by atoms with Gasteiger partial charge in [0.2, 0.25) is 20.1 Å². The standard InChI is InChI=1S/C13H16N2O4S/c1-10-5-7-11(8-6-10)20(18,19)13(4,9-14)12(2,3)15(16)17/h5-8H,1-4H3. The largest absolute Gasteiger partial charge is 0.264 e. The SMILES string of the molecule is Cc1ccc(S(=O)(=O)C(C)(C#N)C(C)(C)[N+](=O)[O-])cc1. The number of aryl methyl sites for hydroxylation is 1. The molecule has 0 aliphatic heterocycles. The van der Waals surface area contributed by atoms with Crippen molar-refractivity contribution in [2.75, 3.05) is 0 Å². The highest BCUT2D eigenvalue weighted by Crippen LogP contribution is 2.36. The Kier molecular flexibility index (Phi) is 3.92. The number of benzene rings is 1. The van der Waals surface area contributed by atoms with Crippen LogP contribution in [0.25, 0.3) is 0 Å². The maximum Gasteiger partial charge on any atom is 0.249 e. The molecule has 20 heavy (non-hydrogen) atoms. The fraction of sp³-hybridized carbons (Fsp3) is 0.462. The van der Waals surface area contributed by atoms with E-state index in [9.17, 15) is 23.8 Å². The lowest BCUT2D eigenvalue weighted by molar-refractivity contribution is -0.563. The molecule has 0 bridgehead atoms. The zero-order valence-electron chi connectivity index (χ0n) is 11.7. The summed E-state index contributed by atoms with van der Waals surface area (Å²) in [4.78, 5) is 10.3. The minimum absolute atomic E-state index is 0.0953. The second-order valence-electron chi connectivity index (χ2n) is 5.28. The summed E-state index contributed by atoms with van der Waals surface area (Å²) < 4.78 is 23.1. The first-order valence-electron chi connectivity index (χ1n) is 5.88. The van der Waals surface area contributed by atoms with Gasteiger partial charge in [0.1, 0.15) is 0 Å². The summed E-state index contributed by atoms with van der Waals surface area (Å²) in [5.74, 6) is 0. The van der Waals surface area contributed by atoms with Crippen molar-refractivity contribution in [1.82, 2.24) is 0 Å². The monoisotopic (exact) mass is 296 g/mol. The molecule has 0 heterocycles. The van der Waals surface area contributed by atoms with Gasteiger partial charge in [-0.2, -0.15) is 5.26 Å². The van der Waals surface area contributed by atoms with Gasteiger partial charge in [-0.1, -0.05) is 17.7 Å². The highest BCUT2D eigenvalue weighted by Gasteiger charge is 2.61. The second kappa shape index (κ2) is 4.87. The maximum absolute atomic E-state index is 12.6. The molecule has 6 nitrogen and oxygen atoms in total. The summed E-state index contributed by atoms with van der Waals surface area (Å²) in [5.41, 5.74) is -1.08. The van der Waals surface area contributed by atoms with Crippen LogP contribution in [-0.2, 0) is 9.84 Å². The van der Waals surface area contributed by atoms with Crippen molar-refractivity contribution in [3.05, 3.63) is 39.9 Å². The second-order valence-corrected chi connectivity index (χ2v) is 7.57. The summed E-state index contributed by atoms with van der Waals surface area (Å²) in [6, 6.07) is 7.51.